The van der Waals surface area contributed by atoms with Gasteiger partial charge in [-0.3, -0.25) is 0 Å². The number of ether oxygens (including phenoxy) is 1. The quantitative estimate of drug-likeness (QED) is 0.673. The van der Waals surface area contributed by atoms with Gasteiger partial charge >= 0.3 is 7.12 Å². The summed E-state index contributed by atoms with van der Waals surface area (Å²) in [5.74, 6) is 0.489. The lowest BCUT2D eigenvalue weighted by Gasteiger charge is -2.11. The molecule has 2 rings (SSSR count). The molecule has 0 amide bonds. The largest absolute Gasteiger partial charge is 0.492 e. The molecule has 1 aliphatic heterocycles. The van der Waals surface area contributed by atoms with Crippen LogP contribution in [0.15, 0.2) is 12.1 Å². The smallest absolute Gasteiger partial charge is 0.491 e. The van der Waals surface area contributed by atoms with Gasteiger partial charge < -0.3 is 25.3 Å². The van der Waals surface area contributed by atoms with Crippen molar-refractivity contribution in [3.8, 4) is 5.75 Å². The van der Waals surface area contributed by atoms with Gasteiger partial charge in [0, 0.05) is 11.6 Å². The highest BCUT2D eigenvalue weighted by atomic mass is 35.5. The van der Waals surface area contributed by atoms with E-state index in [2.05, 4.69) is 0 Å². The monoisotopic (exact) mass is 293 g/mol. The summed E-state index contributed by atoms with van der Waals surface area (Å²) in [6.45, 7) is 0.339. The van der Waals surface area contributed by atoms with E-state index < -0.39 is 7.12 Å². The van der Waals surface area contributed by atoms with Crippen LogP contribution in [-0.2, 0) is 4.65 Å². The number of aliphatic hydroxyl groups is 1. The van der Waals surface area contributed by atoms with E-state index in [1.165, 1.54) is 0 Å². The van der Waals surface area contributed by atoms with Crippen molar-refractivity contribution in [2.45, 2.75) is 6.10 Å². The van der Waals surface area contributed by atoms with Crippen LogP contribution < -0.4 is 15.9 Å². The summed E-state index contributed by atoms with van der Waals surface area (Å²) >= 11 is 6.10. The number of hydrogen-bond acceptors (Lipinski definition) is 5. The molecule has 0 bridgehead atoms. The molecule has 8 heteroatoms. The van der Waals surface area contributed by atoms with Gasteiger partial charge in [0.1, 0.15) is 12.4 Å². The number of halogens is 2. The molecule has 0 aromatic heterocycles. The van der Waals surface area contributed by atoms with Crippen molar-refractivity contribution in [1.82, 2.24) is 0 Å². The van der Waals surface area contributed by atoms with Gasteiger partial charge in [-0.25, -0.2) is 0 Å². The average molecular weight is 294 g/mol. The highest BCUT2D eigenvalue weighted by Crippen LogP contribution is 2.32. The van der Waals surface area contributed by atoms with Crippen molar-refractivity contribution in [3.05, 3.63) is 22.7 Å². The SMILES string of the molecule is Cl.NCC1OB(O)c2cc(OCCO)cc(Cl)c21. The molecule has 0 saturated heterocycles. The summed E-state index contributed by atoms with van der Waals surface area (Å²) < 4.78 is 10.5. The lowest BCUT2D eigenvalue weighted by atomic mass is 9.79. The molecule has 1 aromatic rings. The Balaban J connectivity index is 0.00000162. The van der Waals surface area contributed by atoms with Crippen LogP contribution in [0.3, 0.4) is 0 Å². The Morgan fingerprint density at radius 1 is 1.50 bits per heavy atom. The fourth-order valence-electron chi connectivity index (χ4n) is 1.87. The van der Waals surface area contributed by atoms with Crippen LogP contribution in [-0.4, -0.2) is 37.0 Å². The van der Waals surface area contributed by atoms with Gasteiger partial charge in [-0.15, -0.1) is 12.4 Å². The molecule has 0 saturated carbocycles. The van der Waals surface area contributed by atoms with E-state index in [1.807, 2.05) is 0 Å². The molecule has 1 atom stereocenters. The van der Waals surface area contributed by atoms with E-state index in [9.17, 15) is 5.02 Å². The molecule has 100 valence electrons. The first-order valence-electron chi connectivity index (χ1n) is 5.28. The summed E-state index contributed by atoms with van der Waals surface area (Å²) in [5.41, 5.74) is 6.82. The van der Waals surface area contributed by atoms with Crippen LogP contribution in [0.1, 0.15) is 11.7 Å². The van der Waals surface area contributed by atoms with Crippen LogP contribution in [0.5, 0.6) is 5.75 Å². The summed E-state index contributed by atoms with van der Waals surface area (Å²) in [5, 5.41) is 18.8. The fourth-order valence-corrected chi connectivity index (χ4v) is 2.21. The zero-order valence-corrected chi connectivity index (χ0v) is 11.1. The molecular formula is C10H14BCl2NO4. The standard InChI is InChI=1S/C10H13BClNO4.ClH/c12-8-4-6(16-2-1-14)3-7-10(8)9(5-13)17-11(7)15;/h3-4,9,14-15H,1-2,5,13H2;1H. The predicted octanol–water partition coefficient (Wildman–Crippen LogP) is -0.150. The van der Waals surface area contributed by atoms with E-state index >= 15 is 0 Å². The maximum absolute atomic E-state index is 9.72. The van der Waals surface area contributed by atoms with E-state index in [0.717, 1.165) is 0 Å². The number of aliphatic hydroxyl groups excluding tert-OH is 1. The molecule has 1 unspecified atom stereocenters. The van der Waals surface area contributed by atoms with Gasteiger partial charge in [-0.2, -0.15) is 0 Å². The summed E-state index contributed by atoms with van der Waals surface area (Å²) in [4.78, 5) is 0. The Bertz CT molecular complexity index is 421. The molecule has 0 aliphatic carbocycles. The highest BCUT2D eigenvalue weighted by Gasteiger charge is 2.36. The van der Waals surface area contributed by atoms with Crippen molar-refractivity contribution in [2.24, 2.45) is 5.73 Å². The van der Waals surface area contributed by atoms with Gasteiger partial charge in [0.05, 0.1) is 12.7 Å². The average Bonchev–Trinajstić information content (AvgIpc) is 2.64. The topological polar surface area (TPSA) is 84.9 Å². The van der Waals surface area contributed by atoms with Crippen molar-refractivity contribution >= 4 is 36.6 Å². The Hall–Kier alpha value is -0.495. The minimum absolute atomic E-state index is 0. The van der Waals surface area contributed by atoms with Crippen LogP contribution in [0.4, 0.5) is 0 Å². The first kappa shape index (κ1) is 15.6. The van der Waals surface area contributed by atoms with E-state index in [4.69, 9.17) is 31.8 Å². The number of nitrogens with two attached hydrogens (primary N) is 1. The third-order valence-electron chi connectivity index (χ3n) is 2.59. The second-order valence-electron chi connectivity index (χ2n) is 3.69. The number of benzene rings is 1. The second kappa shape index (κ2) is 6.61. The van der Waals surface area contributed by atoms with Gasteiger partial charge in [-0.1, -0.05) is 11.6 Å². The van der Waals surface area contributed by atoms with Crippen molar-refractivity contribution < 1.29 is 19.5 Å². The second-order valence-corrected chi connectivity index (χ2v) is 4.10. The molecule has 1 aliphatic rings. The molecule has 1 aromatic carbocycles. The highest BCUT2D eigenvalue weighted by molar-refractivity contribution is 6.62. The third kappa shape index (κ3) is 2.91. The maximum Gasteiger partial charge on any atom is 0.492 e. The Morgan fingerprint density at radius 3 is 2.83 bits per heavy atom. The molecule has 4 N–H and O–H groups in total. The molecule has 0 fully saturated rings. The summed E-state index contributed by atoms with van der Waals surface area (Å²) in [6.07, 6.45) is -0.389. The molecule has 0 spiro atoms. The fraction of sp³-hybridized carbons (Fsp3) is 0.400. The maximum atomic E-state index is 9.72. The molecular weight excluding hydrogens is 280 g/mol. The van der Waals surface area contributed by atoms with E-state index in [0.29, 0.717) is 21.8 Å². The van der Waals surface area contributed by atoms with E-state index in [1.54, 1.807) is 12.1 Å². The van der Waals surface area contributed by atoms with Crippen molar-refractivity contribution in [1.29, 1.82) is 0 Å². The van der Waals surface area contributed by atoms with Crippen molar-refractivity contribution in [3.63, 3.8) is 0 Å². The lowest BCUT2D eigenvalue weighted by Crippen LogP contribution is -2.28. The first-order chi connectivity index (χ1) is 8.17. The Labute approximate surface area is 116 Å². The molecule has 1 heterocycles. The zero-order valence-electron chi connectivity index (χ0n) is 9.51. The van der Waals surface area contributed by atoms with Crippen LogP contribution >= 0.6 is 24.0 Å². The third-order valence-corrected chi connectivity index (χ3v) is 2.90. The molecule has 0 radical (unpaired) electrons. The van der Waals surface area contributed by atoms with E-state index in [-0.39, 0.29) is 38.3 Å². The van der Waals surface area contributed by atoms with Gasteiger partial charge in [0.15, 0.2) is 0 Å². The van der Waals surface area contributed by atoms with Crippen LogP contribution in [0.25, 0.3) is 0 Å². The number of hydrogen-bond donors (Lipinski definition) is 3. The van der Waals surface area contributed by atoms with Gasteiger partial charge in [0.2, 0.25) is 0 Å². The van der Waals surface area contributed by atoms with Crippen molar-refractivity contribution in [2.75, 3.05) is 19.8 Å². The number of rotatable bonds is 4. The Kier molecular flexibility index (Phi) is 5.71. The normalized spacial score (nSPS) is 17.3. The minimum Gasteiger partial charge on any atom is -0.491 e. The minimum atomic E-state index is -1.03. The first-order valence-corrected chi connectivity index (χ1v) is 5.65. The van der Waals surface area contributed by atoms with Crippen LogP contribution in [0, 0.1) is 0 Å². The number of fused-ring (bicyclic) bond motifs is 1. The molecule has 18 heavy (non-hydrogen) atoms. The lowest BCUT2D eigenvalue weighted by molar-refractivity contribution is 0.198. The van der Waals surface area contributed by atoms with Crippen LogP contribution in [0.2, 0.25) is 5.02 Å². The zero-order chi connectivity index (χ0) is 12.4. The van der Waals surface area contributed by atoms with Gasteiger partial charge in [-0.05, 0) is 23.2 Å². The summed E-state index contributed by atoms with van der Waals surface area (Å²) in [7, 11) is -1.03. The predicted molar refractivity (Wildman–Crippen MR) is 71.8 cm³/mol. The van der Waals surface area contributed by atoms with Gasteiger partial charge in [0.25, 0.3) is 0 Å². The molecule has 5 nitrogen and oxygen atoms in total. The Morgan fingerprint density at radius 2 is 2.22 bits per heavy atom. The summed E-state index contributed by atoms with van der Waals surface area (Å²) in [6, 6.07) is 3.28.